The molecule has 0 saturated carbocycles. The SMILES string of the molecule is CCOC(=O)c1nc(N2CCCC(OC)C2)sc1C. The minimum Gasteiger partial charge on any atom is -0.461 e. The van der Waals surface area contributed by atoms with Crippen LogP contribution in [0.25, 0.3) is 0 Å². The first-order chi connectivity index (χ1) is 9.15. The number of hydrogen-bond donors (Lipinski definition) is 0. The highest BCUT2D eigenvalue weighted by Gasteiger charge is 2.24. The van der Waals surface area contributed by atoms with Gasteiger partial charge in [-0.1, -0.05) is 0 Å². The zero-order chi connectivity index (χ0) is 13.8. The van der Waals surface area contributed by atoms with Gasteiger partial charge in [-0.3, -0.25) is 0 Å². The molecule has 2 heterocycles. The molecule has 2 rings (SSSR count). The van der Waals surface area contributed by atoms with E-state index in [4.69, 9.17) is 9.47 Å². The molecular formula is C13H20N2O3S. The summed E-state index contributed by atoms with van der Waals surface area (Å²) in [4.78, 5) is 19.3. The van der Waals surface area contributed by atoms with Gasteiger partial charge < -0.3 is 14.4 Å². The number of thiazole rings is 1. The molecule has 0 aliphatic carbocycles. The van der Waals surface area contributed by atoms with Crippen molar-refractivity contribution in [3.63, 3.8) is 0 Å². The third kappa shape index (κ3) is 3.25. The van der Waals surface area contributed by atoms with Crippen LogP contribution in [0.15, 0.2) is 0 Å². The maximum atomic E-state index is 11.8. The number of piperidine rings is 1. The smallest absolute Gasteiger partial charge is 0.358 e. The monoisotopic (exact) mass is 284 g/mol. The highest BCUT2D eigenvalue weighted by Crippen LogP contribution is 2.28. The maximum Gasteiger partial charge on any atom is 0.358 e. The summed E-state index contributed by atoms with van der Waals surface area (Å²) in [5.41, 5.74) is 0.446. The molecule has 0 N–H and O–H groups in total. The Kier molecular flexibility index (Phi) is 4.76. The normalized spacial score (nSPS) is 19.5. The number of hydrogen-bond acceptors (Lipinski definition) is 6. The molecule has 0 radical (unpaired) electrons. The Labute approximate surface area is 117 Å². The molecular weight excluding hydrogens is 264 g/mol. The van der Waals surface area contributed by atoms with Crippen molar-refractivity contribution < 1.29 is 14.3 Å². The minimum absolute atomic E-state index is 0.254. The second-order valence-corrected chi connectivity index (χ2v) is 5.75. The Morgan fingerprint density at radius 2 is 2.37 bits per heavy atom. The summed E-state index contributed by atoms with van der Waals surface area (Å²) in [5.74, 6) is -0.331. The largest absolute Gasteiger partial charge is 0.461 e. The summed E-state index contributed by atoms with van der Waals surface area (Å²) in [6.45, 7) is 5.89. The second kappa shape index (κ2) is 6.34. The van der Waals surface area contributed by atoms with Crippen LogP contribution < -0.4 is 4.90 Å². The first kappa shape index (κ1) is 14.3. The van der Waals surface area contributed by atoms with E-state index in [1.807, 2.05) is 6.92 Å². The van der Waals surface area contributed by atoms with Gasteiger partial charge in [-0.25, -0.2) is 9.78 Å². The van der Waals surface area contributed by atoms with Crippen molar-refractivity contribution in [2.24, 2.45) is 0 Å². The summed E-state index contributed by atoms with van der Waals surface area (Å²) < 4.78 is 10.4. The molecule has 1 aliphatic rings. The lowest BCUT2D eigenvalue weighted by Gasteiger charge is -2.31. The van der Waals surface area contributed by atoms with Crippen LogP contribution in [0.2, 0.25) is 0 Å². The molecule has 1 aromatic heterocycles. The fourth-order valence-corrected chi connectivity index (χ4v) is 3.14. The van der Waals surface area contributed by atoms with E-state index in [2.05, 4.69) is 9.88 Å². The van der Waals surface area contributed by atoms with Crippen molar-refractivity contribution in [3.05, 3.63) is 10.6 Å². The van der Waals surface area contributed by atoms with Crippen molar-refractivity contribution in [2.45, 2.75) is 32.8 Å². The van der Waals surface area contributed by atoms with Crippen LogP contribution in [0.5, 0.6) is 0 Å². The molecule has 1 atom stereocenters. The standard InChI is InChI=1S/C13H20N2O3S/c1-4-18-12(16)11-9(2)19-13(14-11)15-7-5-6-10(8-15)17-3/h10H,4-8H2,1-3H3. The van der Waals surface area contributed by atoms with Crippen molar-refractivity contribution in [2.75, 3.05) is 31.7 Å². The molecule has 1 fully saturated rings. The summed E-state index contributed by atoms with van der Waals surface area (Å²) in [6.07, 6.45) is 2.43. The van der Waals surface area contributed by atoms with Crippen molar-refractivity contribution >= 4 is 22.4 Å². The van der Waals surface area contributed by atoms with Crippen molar-refractivity contribution in [1.29, 1.82) is 0 Å². The number of nitrogens with zero attached hydrogens (tertiary/aromatic N) is 2. The lowest BCUT2D eigenvalue weighted by Crippen LogP contribution is -2.39. The minimum atomic E-state index is -0.331. The molecule has 1 aromatic rings. The summed E-state index contributed by atoms with van der Waals surface area (Å²) in [5, 5.41) is 0.891. The highest BCUT2D eigenvalue weighted by atomic mass is 32.1. The lowest BCUT2D eigenvalue weighted by molar-refractivity contribution is 0.0519. The van der Waals surface area contributed by atoms with Crippen molar-refractivity contribution in [1.82, 2.24) is 4.98 Å². The molecule has 1 aliphatic heterocycles. The van der Waals surface area contributed by atoms with Crippen LogP contribution >= 0.6 is 11.3 Å². The Morgan fingerprint density at radius 1 is 1.58 bits per heavy atom. The van der Waals surface area contributed by atoms with Gasteiger partial charge >= 0.3 is 5.97 Å². The van der Waals surface area contributed by atoms with Gasteiger partial charge in [-0.05, 0) is 26.7 Å². The number of esters is 1. The summed E-state index contributed by atoms with van der Waals surface area (Å²) in [6, 6.07) is 0. The van der Waals surface area contributed by atoms with Gasteiger partial charge in [0.2, 0.25) is 0 Å². The van der Waals surface area contributed by atoms with E-state index >= 15 is 0 Å². The molecule has 0 spiro atoms. The first-order valence-electron chi connectivity index (χ1n) is 6.58. The number of aromatic nitrogens is 1. The van der Waals surface area contributed by atoms with Gasteiger partial charge in [0.15, 0.2) is 10.8 Å². The van der Waals surface area contributed by atoms with Crippen LogP contribution in [-0.4, -0.2) is 43.9 Å². The number of methoxy groups -OCH3 is 1. The van der Waals surface area contributed by atoms with Gasteiger partial charge in [0, 0.05) is 25.1 Å². The number of carbonyl (C=O) groups is 1. The number of aryl methyl sites for hydroxylation is 1. The predicted molar refractivity (Wildman–Crippen MR) is 75.1 cm³/mol. The Bertz CT molecular complexity index is 447. The molecule has 19 heavy (non-hydrogen) atoms. The topological polar surface area (TPSA) is 51.7 Å². The number of anilines is 1. The molecule has 0 aromatic carbocycles. The maximum absolute atomic E-state index is 11.8. The Morgan fingerprint density at radius 3 is 3.05 bits per heavy atom. The molecule has 6 heteroatoms. The van der Waals surface area contributed by atoms with Crippen LogP contribution in [-0.2, 0) is 9.47 Å². The van der Waals surface area contributed by atoms with E-state index in [0.717, 1.165) is 35.9 Å². The average Bonchev–Trinajstić information content (AvgIpc) is 2.81. The third-order valence-electron chi connectivity index (χ3n) is 3.24. The number of carbonyl (C=O) groups excluding carboxylic acids is 1. The molecule has 0 amide bonds. The molecule has 0 bridgehead atoms. The van der Waals surface area contributed by atoms with E-state index in [1.54, 1.807) is 25.4 Å². The van der Waals surface area contributed by atoms with E-state index in [9.17, 15) is 4.79 Å². The predicted octanol–water partition coefficient (Wildman–Crippen LogP) is 2.24. The average molecular weight is 284 g/mol. The van der Waals surface area contributed by atoms with Crippen LogP contribution in [0.3, 0.4) is 0 Å². The van der Waals surface area contributed by atoms with Crippen LogP contribution in [0, 0.1) is 6.92 Å². The Balaban J connectivity index is 2.13. The quantitative estimate of drug-likeness (QED) is 0.794. The zero-order valence-electron chi connectivity index (χ0n) is 11.6. The fraction of sp³-hybridized carbons (Fsp3) is 0.692. The molecule has 1 unspecified atom stereocenters. The zero-order valence-corrected chi connectivity index (χ0v) is 12.5. The molecule has 106 valence electrons. The second-order valence-electron chi connectivity index (χ2n) is 4.57. The van der Waals surface area contributed by atoms with Crippen molar-refractivity contribution in [3.8, 4) is 0 Å². The van der Waals surface area contributed by atoms with Gasteiger partial charge in [0.1, 0.15) is 0 Å². The third-order valence-corrected chi connectivity index (χ3v) is 4.27. The Hall–Kier alpha value is -1.14. The molecule has 5 nitrogen and oxygen atoms in total. The van der Waals surface area contributed by atoms with E-state index < -0.39 is 0 Å². The lowest BCUT2D eigenvalue weighted by atomic mass is 10.1. The van der Waals surface area contributed by atoms with Gasteiger partial charge in [0.25, 0.3) is 0 Å². The van der Waals surface area contributed by atoms with E-state index in [1.165, 1.54) is 0 Å². The first-order valence-corrected chi connectivity index (χ1v) is 7.39. The number of rotatable bonds is 4. The van der Waals surface area contributed by atoms with Crippen LogP contribution in [0.4, 0.5) is 5.13 Å². The number of ether oxygens (including phenoxy) is 2. The fourth-order valence-electron chi connectivity index (χ4n) is 2.21. The summed E-state index contributed by atoms with van der Waals surface area (Å²) in [7, 11) is 1.74. The highest BCUT2D eigenvalue weighted by molar-refractivity contribution is 7.15. The van der Waals surface area contributed by atoms with Gasteiger partial charge in [0.05, 0.1) is 12.7 Å². The van der Waals surface area contributed by atoms with E-state index in [-0.39, 0.29) is 12.1 Å². The van der Waals surface area contributed by atoms with Gasteiger partial charge in [-0.2, -0.15) is 0 Å². The van der Waals surface area contributed by atoms with Crippen LogP contribution in [0.1, 0.15) is 35.1 Å². The molecule has 1 saturated heterocycles. The summed E-state index contributed by atoms with van der Waals surface area (Å²) >= 11 is 1.55. The van der Waals surface area contributed by atoms with Gasteiger partial charge in [-0.15, -0.1) is 11.3 Å². The van der Waals surface area contributed by atoms with E-state index in [0.29, 0.717) is 12.3 Å².